The fourth-order valence-corrected chi connectivity index (χ4v) is 1.46. The zero-order chi connectivity index (χ0) is 14.6. The van der Waals surface area contributed by atoms with Gasteiger partial charge < -0.3 is 24.7 Å². The van der Waals surface area contributed by atoms with E-state index in [1.165, 1.54) is 0 Å². The maximum atomic E-state index is 5.65. The Morgan fingerprint density at radius 3 is 2.60 bits per heavy atom. The standard InChI is InChI=1S/C15H21NO4/c1-17-8-9-19-10-11-20-15-6-5-14(18-2)12-13(15)4-3-7-16/h5-6,12H,7-11,16H2,1-2H3. The molecule has 0 aliphatic rings. The smallest absolute Gasteiger partial charge is 0.135 e. The van der Waals surface area contributed by atoms with Crippen molar-refractivity contribution >= 4 is 0 Å². The third-order valence-corrected chi connectivity index (χ3v) is 2.43. The summed E-state index contributed by atoms with van der Waals surface area (Å²) in [7, 11) is 3.25. The summed E-state index contributed by atoms with van der Waals surface area (Å²) in [5.41, 5.74) is 6.14. The molecule has 0 saturated heterocycles. The minimum Gasteiger partial charge on any atom is -0.497 e. The number of ether oxygens (including phenoxy) is 4. The highest BCUT2D eigenvalue weighted by Gasteiger charge is 2.03. The molecular weight excluding hydrogens is 258 g/mol. The second kappa shape index (κ2) is 10.1. The van der Waals surface area contributed by atoms with Gasteiger partial charge in [0.15, 0.2) is 0 Å². The third-order valence-electron chi connectivity index (χ3n) is 2.43. The third kappa shape index (κ3) is 5.93. The molecule has 0 radical (unpaired) electrons. The van der Waals surface area contributed by atoms with Crippen LogP contribution in [0, 0.1) is 11.8 Å². The summed E-state index contributed by atoms with van der Waals surface area (Å²) in [5, 5.41) is 0. The lowest BCUT2D eigenvalue weighted by atomic mass is 10.2. The average Bonchev–Trinajstić information content (AvgIpc) is 2.49. The molecule has 0 spiro atoms. The molecule has 0 atom stereocenters. The lowest BCUT2D eigenvalue weighted by Gasteiger charge is -2.10. The van der Waals surface area contributed by atoms with Crippen LogP contribution in [0.5, 0.6) is 11.5 Å². The summed E-state index contributed by atoms with van der Waals surface area (Å²) in [6.45, 7) is 2.39. The molecule has 20 heavy (non-hydrogen) atoms. The Morgan fingerprint density at radius 2 is 1.90 bits per heavy atom. The van der Waals surface area contributed by atoms with Crippen LogP contribution in [-0.2, 0) is 9.47 Å². The van der Waals surface area contributed by atoms with E-state index in [1.807, 2.05) is 18.2 Å². The average molecular weight is 279 g/mol. The van der Waals surface area contributed by atoms with E-state index < -0.39 is 0 Å². The van der Waals surface area contributed by atoms with Crippen molar-refractivity contribution in [2.24, 2.45) is 5.73 Å². The molecule has 0 aromatic heterocycles. The number of methoxy groups -OCH3 is 2. The lowest BCUT2D eigenvalue weighted by molar-refractivity contribution is 0.0544. The number of hydrogen-bond donors (Lipinski definition) is 1. The van der Waals surface area contributed by atoms with Gasteiger partial charge in [-0.1, -0.05) is 11.8 Å². The molecule has 2 N–H and O–H groups in total. The summed E-state index contributed by atoms with van der Waals surface area (Å²) < 4.78 is 21.0. The van der Waals surface area contributed by atoms with Gasteiger partial charge in [-0.05, 0) is 18.2 Å². The summed E-state index contributed by atoms with van der Waals surface area (Å²) in [4.78, 5) is 0. The molecule has 0 aliphatic heterocycles. The minimum absolute atomic E-state index is 0.302. The molecule has 1 rings (SSSR count). The monoisotopic (exact) mass is 279 g/mol. The molecule has 0 saturated carbocycles. The van der Waals surface area contributed by atoms with E-state index in [1.54, 1.807) is 14.2 Å². The molecule has 0 heterocycles. The van der Waals surface area contributed by atoms with Gasteiger partial charge in [0.05, 0.1) is 39.0 Å². The number of nitrogens with two attached hydrogens (primary N) is 1. The summed E-state index contributed by atoms with van der Waals surface area (Å²) in [5.74, 6) is 7.20. The predicted octanol–water partition coefficient (Wildman–Crippen LogP) is 1.05. The molecule has 110 valence electrons. The van der Waals surface area contributed by atoms with Crippen molar-refractivity contribution in [3.8, 4) is 23.3 Å². The van der Waals surface area contributed by atoms with Crippen LogP contribution in [0.25, 0.3) is 0 Å². The van der Waals surface area contributed by atoms with E-state index in [9.17, 15) is 0 Å². The van der Waals surface area contributed by atoms with Gasteiger partial charge in [-0.15, -0.1) is 0 Å². The molecule has 0 fully saturated rings. The lowest BCUT2D eigenvalue weighted by Crippen LogP contribution is -2.10. The SMILES string of the molecule is COCCOCCOc1ccc(OC)cc1C#CCN. The van der Waals surface area contributed by atoms with Crippen molar-refractivity contribution in [3.63, 3.8) is 0 Å². The van der Waals surface area contributed by atoms with Gasteiger partial charge in [0.2, 0.25) is 0 Å². The van der Waals surface area contributed by atoms with Crippen molar-refractivity contribution in [2.45, 2.75) is 0 Å². The second-order valence-corrected chi connectivity index (χ2v) is 3.82. The molecular formula is C15H21NO4. The van der Waals surface area contributed by atoms with Crippen LogP contribution in [0.1, 0.15) is 5.56 Å². The van der Waals surface area contributed by atoms with Gasteiger partial charge >= 0.3 is 0 Å². The van der Waals surface area contributed by atoms with Gasteiger partial charge in [-0.25, -0.2) is 0 Å². The Balaban J connectivity index is 2.55. The number of benzene rings is 1. The fourth-order valence-electron chi connectivity index (χ4n) is 1.46. The second-order valence-electron chi connectivity index (χ2n) is 3.82. The van der Waals surface area contributed by atoms with Gasteiger partial charge in [-0.2, -0.15) is 0 Å². The van der Waals surface area contributed by atoms with Crippen LogP contribution in [0.15, 0.2) is 18.2 Å². The first-order valence-corrected chi connectivity index (χ1v) is 6.38. The van der Waals surface area contributed by atoms with E-state index in [0.717, 1.165) is 11.3 Å². The van der Waals surface area contributed by atoms with Crippen LogP contribution < -0.4 is 15.2 Å². The first-order chi connectivity index (χ1) is 9.81. The van der Waals surface area contributed by atoms with Crippen LogP contribution in [0.3, 0.4) is 0 Å². The highest BCUT2D eigenvalue weighted by atomic mass is 16.5. The minimum atomic E-state index is 0.302. The Labute approximate surface area is 120 Å². The van der Waals surface area contributed by atoms with Crippen molar-refractivity contribution < 1.29 is 18.9 Å². The van der Waals surface area contributed by atoms with Crippen LogP contribution in [0.2, 0.25) is 0 Å². The first-order valence-electron chi connectivity index (χ1n) is 6.38. The van der Waals surface area contributed by atoms with Gasteiger partial charge in [0.1, 0.15) is 18.1 Å². The summed E-state index contributed by atoms with van der Waals surface area (Å²) in [6, 6.07) is 5.48. The highest BCUT2D eigenvalue weighted by Crippen LogP contribution is 2.23. The predicted molar refractivity (Wildman–Crippen MR) is 77.1 cm³/mol. The molecule has 0 amide bonds. The van der Waals surface area contributed by atoms with Crippen LogP contribution in [0.4, 0.5) is 0 Å². The first kappa shape index (κ1) is 16.3. The topological polar surface area (TPSA) is 62.9 Å². The Bertz CT molecular complexity index is 451. The van der Waals surface area contributed by atoms with Crippen molar-refractivity contribution in [2.75, 3.05) is 47.2 Å². The maximum Gasteiger partial charge on any atom is 0.135 e. The van der Waals surface area contributed by atoms with E-state index in [0.29, 0.717) is 38.7 Å². The van der Waals surface area contributed by atoms with E-state index >= 15 is 0 Å². The van der Waals surface area contributed by atoms with E-state index in [2.05, 4.69) is 11.8 Å². The largest absolute Gasteiger partial charge is 0.497 e. The van der Waals surface area contributed by atoms with Gasteiger partial charge in [0, 0.05) is 7.11 Å². The maximum absolute atomic E-state index is 5.65. The van der Waals surface area contributed by atoms with E-state index in [4.69, 9.17) is 24.7 Å². The highest BCUT2D eigenvalue weighted by molar-refractivity contribution is 5.50. The van der Waals surface area contributed by atoms with Crippen LogP contribution >= 0.6 is 0 Å². The summed E-state index contributed by atoms with van der Waals surface area (Å²) >= 11 is 0. The molecule has 5 nitrogen and oxygen atoms in total. The zero-order valence-electron chi connectivity index (χ0n) is 12.0. The Morgan fingerprint density at radius 1 is 1.10 bits per heavy atom. The molecule has 0 bridgehead atoms. The molecule has 1 aromatic rings. The normalized spacial score (nSPS) is 9.75. The molecule has 0 aliphatic carbocycles. The summed E-state index contributed by atoms with van der Waals surface area (Å²) in [6.07, 6.45) is 0. The Hall–Kier alpha value is -1.74. The van der Waals surface area contributed by atoms with Crippen molar-refractivity contribution in [3.05, 3.63) is 23.8 Å². The van der Waals surface area contributed by atoms with E-state index in [-0.39, 0.29) is 0 Å². The quantitative estimate of drug-likeness (QED) is 0.569. The number of hydrogen-bond acceptors (Lipinski definition) is 5. The Kier molecular flexibility index (Phi) is 8.24. The van der Waals surface area contributed by atoms with Gasteiger partial charge in [0.25, 0.3) is 0 Å². The molecule has 1 aromatic carbocycles. The van der Waals surface area contributed by atoms with Crippen LogP contribution in [-0.4, -0.2) is 47.2 Å². The number of rotatable bonds is 8. The van der Waals surface area contributed by atoms with Crippen molar-refractivity contribution in [1.29, 1.82) is 0 Å². The molecule has 0 unspecified atom stereocenters. The zero-order valence-corrected chi connectivity index (χ0v) is 12.0. The fraction of sp³-hybridized carbons (Fsp3) is 0.467. The van der Waals surface area contributed by atoms with Crippen molar-refractivity contribution in [1.82, 2.24) is 0 Å². The molecule has 5 heteroatoms. The van der Waals surface area contributed by atoms with Gasteiger partial charge in [-0.3, -0.25) is 0 Å².